The summed E-state index contributed by atoms with van der Waals surface area (Å²) < 4.78 is 5.08. The van der Waals surface area contributed by atoms with E-state index in [0.717, 1.165) is 18.4 Å². The molecule has 1 N–H and O–H groups in total. The molecular weight excluding hydrogens is 220 g/mol. The van der Waals surface area contributed by atoms with Gasteiger partial charge in [0.1, 0.15) is 0 Å². The van der Waals surface area contributed by atoms with Gasteiger partial charge in [0.25, 0.3) is 5.69 Å². The Morgan fingerprint density at radius 2 is 2.06 bits per heavy atom. The second-order valence-electron chi connectivity index (χ2n) is 3.90. The summed E-state index contributed by atoms with van der Waals surface area (Å²) >= 11 is 0. The lowest BCUT2D eigenvalue weighted by atomic mass is 10.1. The van der Waals surface area contributed by atoms with E-state index < -0.39 is 0 Å². The van der Waals surface area contributed by atoms with E-state index in [0.29, 0.717) is 12.6 Å². The van der Waals surface area contributed by atoms with Gasteiger partial charge in [0.05, 0.1) is 11.5 Å². The summed E-state index contributed by atoms with van der Waals surface area (Å²) in [7, 11) is 3.58. The number of nitro benzene ring substituents is 1. The fourth-order valence-corrected chi connectivity index (χ4v) is 1.64. The van der Waals surface area contributed by atoms with Gasteiger partial charge < -0.3 is 10.1 Å². The Hall–Kier alpha value is -1.46. The second kappa shape index (κ2) is 6.98. The van der Waals surface area contributed by atoms with Crippen LogP contribution in [0.1, 0.15) is 12.0 Å². The zero-order valence-corrected chi connectivity index (χ0v) is 10.2. The number of hydrogen-bond acceptors (Lipinski definition) is 4. The largest absolute Gasteiger partial charge is 0.383 e. The monoisotopic (exact) mass is 238 g/mol. The lowest BCUT2D eigenvalue weighted by Gasteiger charge is -2.14. The maximum absolute atomic E-state index is 10.5. The Balaban J connectivity index is 2.48. The van der Waals surface area contributed by atoms with Gasteiger partial charge in [-0.1, -0.05) is 12.1 Å². The smallest absolute Gasteiger partial charge is 0.269 e. The van der Waals surface area contributed by atoms with Gasteiger partial charge in [-0.15, -0.1) is 0 Å². The van der Waals surface area contributed by atoms with Crippen molar-refractivity contribution < 1.29 is 9.66 Å². The summed E-state index contributed by atoms with van der Waals surface area (Å²) in [6, 6.07) is 7.00. The molecule has 1 atom stereocenters. The number of ether oxygens (including phenoxy) is 1. The van der Waals surface area contributed by atoms with Gasteiger partial charge in [-0.3, -0.25) is 10.1 Å². The van der Waals surface area contributed by atoms with Gasteiger partial charge in [0.15, 0.2) is 0 Å². The fraction of sp³-hybridized carbons (Fsp3) is 0.500. The average Bonchev–Trinajstić information content (AvgIpc) is 2.35. The van der Waals surface area contributed by atoms with Crippen LogP contribution in [0.25, 0.3) is 0 Å². The number of hydrogen-bond donors (Lipinski definition) is 1. The summed E-state index contributed by atoms with van der Waals surface area (Å²) in [5.41, 5.74) is 1.24. The molecule has 0 spiro atoms. The molecule has 1 aromatic carbocycles. The van der Waals surface area contributed by atoms with Crippen LogP contribution in [-0.4, -0.2) is 31.7 Å². The number of non-ortho nitro benzene ring substituents is 1. The first-order chi connectivity index (χ1) is 8.17. The highest BCUT2D eigenvalue weighted by molar-refractivity contribution is 5.32. The summed E-state index contributed by atoms with van der Waals surface area (Å²) in [6.07, 6.45) is 1.83. The topological polar surface area (TPSA) is 64.4 Å². The Kier molecular flexibility index (Phi) is 5.59. The predicted molar refractivity (Wildman–Crippen MR) is 66.1 cm³/mol. The maximum atomic E-state index is 10.5. The van der Waals surface area contributed by atoms with E-state index >= 15 is 0 Å². The number of nitro groups is 1. The minimum Gasteiger partial charge on any atom is -0.383 e. The van der Waals surface area contributed by atoms with Crippen molar-refractivity contribution in [1.82, 2.24) is 5.32 Å². The maximum Gasteiger partial charge on any atom is 0.269 e. The molecule has 0 saturated carbocycles. The van der Waals surface area contributed by atoms with Crippen molar-refractivity contribution >= 4 is 5.69 Å². The molecule has 17 heavy (non-hydrogen) atoms. The zero-order chi connectivity index (χ0) is 12.7. The van der Waals surface area contributed by atoms with Crippen molar-refractivity contribution in [3.05, 3.63) is 39.9 Å². The summed E-state index contributed by atoms with van der Waals surface area (Å²) in [6.45, 7) is 0.670. The van der Waals surface area contributed by atoms with Crippen molar-refractivity contribution in [1.29, 1.82) is 0 Å². The number of benzene rings is 1. The molecule has 0 bridgehead atoms. The first-order valence-electron chi connectivity index (χ1n) is 5.57. The molecule has 0 aliphatic rings. The van der Waals surface area contributed by atoms with Crippen LogP contribution >= 0.6 is 0 Å². The summed E-state index contributed by atoms with van der Waals surface area (Å²) in [5.74, 6) is 0. The van der Waals surface area contributed by atoms with Crippen molar-refractivity contribution in [2.45, 2.75) is 18.9 Å². The third-order valence-electron chi connectivity index (χ3n) is 2.70. The minimum absolute atomic E-state index is 0.135. The molecule has 0 radical (unpaired) electrons. The van der Waals surface area contributed by atoms with E-state index in [9.17, 15) is 10.1 Å². The average molecular weight is 238 g/mol. The van der Waals surface area contributed by atoms with E-state index in [4.69, 9.17) is 4.74 Å². The quantitative estimate of drug-likeness (QED) is 0.580. The molecule has 0 aliphatic heterocycles. The molecule has 0 heterocycles. The highest BCUT2D eigenvalue weighted by Gasteiger charge is 2.07. The van der Waals surface area contributed by atoms with Crippen LogP contribution in [0.15, 0.2) is 24.3 Å². The molecule has 94 valence electrons. The van der Waals surface area contributed by atoms with Gasteiger partial charge in [-0.2, -0.15) is 0 Å². The lowest BCUT2D eigenvalue weighted by molar-refractivity contribution is -0.384. The number of methoxy groups -OCH3 is 1. The second-order valence-corrected chi connectivity index (χ2v) is 3.90. The molecule has 1 unspecified atom stereocenters. The predicted octanol–water partition coefficient (Wildman–Crippen LogP) is 1.76. The standard InChI is InChI=1S/C12H18N2O3/c1-13-11(9-17-2)6-3-10-4-7-12(8-5-10)14(15)16/h4-5,7-8,11,13H,3,6,9H2,1-2H3. The molecule has 1 rings (SSSR count). The fourth-order valence-electron chi connectivity index (χ4n) is 1.64. The lowest BCUT2D eigenvalue weighted by Crippen LogP contribution is -2.30. The number of rotatable bonds is 7. The number of aryl methyl sites for hydroxylation is 1. The third kappa shape index (κ3) is 4.50. The highest BCUT2D eigenvalue weighted by Crippen LogP contribution is 2.13. The van der Waals surface area contributed by atoms with Gasteiger partial charge in [0.2, 0.25) is 0 Å². The van der Waals surface area contributed by atoms with Gasteiger partial charge >= 0.3 is 0 Å². The molecule has 1 aromatic rings. The minimum atomic E-state index is -0.384. The van der Waals surface area contributed by atoms with Crippen LogP contribution in [0.5, 0.6) is 0 Å². The van der Waals surface area contributed by atoms with Crippen LogP contribution in [0.4, 0.5) is 5.69 Å². The molecular formula is C12H18N2O3. The first kappa shape index (κ1) is 13.6. The van der Waals surface area contributed by atoms with E-state index in [1.807, 2.05) is 7.05 Å². The van der Waals surface area contributed by atoms with Crippen molar-refractivity contribution in [2.75, 3.05) is 20.8 Å². The zero-order valence-electron chi connectivity index (χ0n) is 10.2. The molecule has 5 nitrogen and oxygen atoms in total. The Labute approximate surface area is 101 Å². The molecule has 0 saturated heterocycles. The van der Waals surface area contributed by atoms with Crippen LogP contribution in [0.3, 0.4) is 0 Å². The normalized spacial score (nSPS) is 12.4. The van der Waals surface area contributed by atoms with Crippen LogP contribution < -0.4 is 5.32 Å². The molecule has 5 heteroatoms. The number of nitrogens with one attached hydrogen (secondary N) is 1. The van der Waals surface area contributed by atoms with Gasteiger partial charge in [-0.05, 0) is 25.5 Å². The summed E-state index contributed by atoms with van der Waals surface area (Å²) in [4.78, 5) is 10.1. The molecule has 0 aromatic heterocycles. The van der Waals surface area contributed by atoms with Gasteiger partial charge in [0, 0.05) is 25.3 Å². The Morgan fingerprint density at radius 3 is 2.53 bits per heavy atom. The molecule has 0 amide bonds. The van der Waals surface area contributed by atoms with E-state index in [1.54, 1.807) is 31.4 Å². The first-order valence-corrected chi connectivity index (χ1v) is 5.57. The summed E-state index contributed by atoms with van der Waals surface area (Å²) in [5, 5.41) is 13.7. The van der Waals surface area contributed by atoms with Crippen LogP contribution in [0.2, 0.25) is 0 Å². The Morgan fingerprint density at radius 1 is 1.41 bits per heavy atom. The SMILES string of the molecule is CNC(CCc1ccc([N+](=O)[O-])cc1)COC. The molecule has 0 fully saturated rings. The highest BCUT2D eigenvalue weighted by atomic mass is 16.6. The van der Waals surface area contributed by atoms with E-state index in [2.05, 4.69) is 5.32 Å². The molecule has 0 aliphatic carbocycles. The van der Waals surface area contributed by atoms with Crippen LogP contribution in [-0.2, 0) is 11.2 Å². The van der Waals surface area contributed by atoms with Crippen molar-refractivity contribution in [2.24, 2.45) is 0 Å². The number of nitrogens with zero attached hydrogens (tertiary/aromatic N) is 1. The van der Waals surface area contributed by atoms with Crippen LogP contribution in [0, 0.1) is 10.1 Å². The van der Waals surface area contributed by atoms with Gasteiger partial charge in [-0.25, -0.2) is 0 Å². The van der Waals surface area contributed by atoms with Crippen molar-refractivity contribution in [3.63, 3.8) is 0 Å². The van der Waals surface area contributed by atoms with Crippen molar-refractivity contribution in [3.8, 4) is 0 Å². The number of likely N-dealkylation sites (N-methyl/N-ethyl adjacent to an activating group) is 1. The van der Waals surface area contributed by atoms with E-state index in [-0.39, 0.29) is 10.6 Å². The third-order valence-corrected chi connectivity index (χ3v) is 2.70. The Bertz CT molecular complexity index is 351. The van der Waals surface area contributed by atoms with E-state index in [1.165, 1.54) is 0 Å².